The molecule has 84 valence electrons. The Labute approximate surface area is 97.3 Å². The third kappa shape index (κ3) is 2.52. The normalized spacial score (nSPS) is 9.65. The lowest BCUT2D eigenvalue weighted by molar-refractivity contribution is 0.462. The van der Waals surface area contributed by atoms with E-state index < -0.39 is 0 Å². The van der Waals surface area contributed by atoms with Gasteiger partial charge in [0.1, 0.15) is 29.1 Å². The number of halogens is 1. The first-order valence-electron chi connectivity index (χ1n) is 4.85. The van der Waals surface area contributed by atoms with Crippen molar-refractivity contribution in [1.82, 2.24) is 0 Å². The maximum atomic E-state index is 12.7. The molecule has 0 bridgehead atoms. The molecule has 0 spiro atoms. The molecule has 0 heterocycles. The number of nitrogens with zero attached hydrogens (tertiary/aromatic N) is 1. The topological polar surface area (TPSA) is 53.2 Å². The first-order chi connectivity index (χ1) is 8.19. The second kappa shape index (κ2) is 4.54. The Balaban J connectivity index is 2.25. The predicted molar refractivity (Wildman–Crippen MR) is 59.3 cm³/mol. The summed E-state index contributed by atoms with van der Waals surface area (Å²) in [6.07, 6.45) is 0. The van der Waals surface area contributed by atoms with E-state index in [1.807, 2.05) is 6.07 Å². The van der Waals surface area contributed by atoms with Gasteiger partial charge < -0.3 is 9.84 Å². The molecule has 0 atom stereocenters. The van der Waals surface area contributed by atoms with Crippen LogP contribution in [0.2, 0.25) is 0 Å². The Morgan fingerprint density at radius 2 is 1.71 bits per heavy atom. The molecule has 0 radical (unpaired) electrons. The summed E-state index contributed by atoms with van der Waals surface area (Å²) in [6.45, 7) is 0. The summed E-state index contributed by atoms with van der Waals surface area (Å²) < 4.78 is 18.1. The summed E-state index contributed by atoms with van der Waals surface area (Å²) in [6, 6.07) is 11.7. The van der Waals surface area contributed by atoms with Crippen molar-refractivity contribution in [2.75, 3.05) is 0 Å². The highest BCUT2D eigenvalue weighted by molar-refractivity contribution is 5.47. The van der Waals surface area contributed by atoms with Gasteiger partial charge in [-0.3, -0.25) is 0 Å². The van der Waals surface area contributed by atoms with Crippen LogP contribution < -0.4 is 4.74 Å². The van der Waals surface area contributed by atoms with Crippen molar-refractivity contribution in [3.63, 3.8) is 0 Å². The largest absolute Gasteiger partial charge is 0.507 e. The van der Waals surface area contributed by atoms with Gasteiger partial charge in [0.25, 0.3) is 0 Å². The van der Waals surface area contributed by atoms with Crippen LogP contribution in [0.15, 0.2) is 42.5 Å². The second-order valence-corrected chi connectivity index (χ2v) is 3.35. The van der Waals surface area contributed by atoms with E-state index in [0.29, 0.717) is 11.5 Å². The Hall–Kier alpha value is -2.54. The molecular weight excluding hydrogens is 221 g/mol. The average molecular weight is 229 g/mol. The number of phenols is 1. The van der Waals surface area contributed by atoms with Gasteiger partial charge in [-0.25, -0.2) is 4.39 Å². The fourth-order valence-electron chi connectivity index (χ4n) is 1.31. The minimum absolute atomic E-state index is 0.0982. The fourth-order valence-corrected chi connectivity index (χ4v) is 1.31. The number of phenolic OH excluding ortho intramolecular Hbond substituents is 1. The predicted octanol–water partition coefficient (Wildman–Crippen LogP) is 3.20. The van der Waals surface area contributed by atoms with Gasteiger partial charge in [-0.1, -0.05) is 0 Å². The van der Waals surface area contributed by atoms with Crippen LogP contribution in [0.1, 0.15) is 5.56 Å². The molecule has 1 N–H and O–H groups in total. The maximum absolute atomic E-state index is 12.7. The Morgan fingerprint density at radius 1 is 1.06 bits per heavy atom. The number of ether oxygens (including phenoxy) is 1. The van der Waals surface area contributed by atoms with Crippen molar-refractivity contribution in [3.8, 4) is 23.3 Å². The molecule has 2 aromatic carbocycles. The summed E-state index contributed by atoms with van der Waals surface area (Å²) in [5.74, 6) is 0.423. The van der Waals surface area contributed by atoms with E-state index >= 15 is 0 Å². The minimum atomic E-state index is -0.347. The first-order valence-corrected chi connectivity index (χ1v) is 4.85. The molecule has 2 aromatic rings. The van der Waals surface area contributed by atoms with Gasteiger partial charge in [0.15, 0.2) is 0 Å². The van der Waals surface area contributed by atoms with Crippen molar-refractivity contribution < 1.29 is 14.2 Å². The third-order valence-electron chi connectivity index (χ3n) is 2.14. The van der Waals surface area contributed by atoms with Crippen molar-refractivity contribution in [2.45, 2.75) is 0 Å². The molecular formula is C13H8FNO2. The van der Waals surface area contributed by atoms with E-state index in [1.165, 1.54) is 42.5 Å². The summed E-state index contributed by atoms with van der Waals surface area (Å²) in [4.78, 5) is 0. The zero-order valence-corrected chi connectivity index (χ0v) is 8.72. The molecule has 0 saturated carbocycles. The molecule has 0 aliphatic carbocycles. The smallest absolute Gasteiger partial charge is 0.133 e. The quantitative estimate of drug-likeness (QED) is 0.860. The number of benzene rings is 2. The molecule has 0 unspecified atom stereocenters. The number of hydrogen-bond acceptors (Lipinski definition) is 3. The van der Waals surface area contributed by atoms with Gasteiger partial charge >= 0.3 is 0 Å². The summed E-state index contributed by atoms with van der Waals surface area (Å²) >= 11 is 0. The van der Waals surface area contributed by atoms with Crippen molar-refractivity contribution >= 4 is 0 Å². The Bertz CT molecular complexity index is 573. The zero-order valence-electron chi connectivity index (χ0n) is 8.72. The molecule has 0 aromatic heterocycles. The van der Waals surface area contributed by atoms with Gasteiger partial charge in [0.2, 0.25) is 0 Å². The molecule has 0 amide bonds. The molecule has 0 aliphatic rings. The minimum Gasteiger partial charge on any atom is -0.507 e. The molecule has 4 heteroatoms. The van der Waals surface area contributed by atoms with E-state index in [-0.39, 0.29) is 17.1 Å². The van der Waals surface area contributed by atoms with Crippen LogP contribution in [0.3, 0.4) is 0 Å². The molecule has 0 fully saturated rings. The van der Waals surface area contributed by atoms with Gasteiger partial charge in [-0.2, -0.15) is 5.26 Å². The number of hydrogen-bond donors (Lipinski definition) is 1. The SMILES string of the molecule is N#Cc1cc(Oc2ccc(F)cc2)ccc1O. The lowest BCUT2D eigenvalue weighted by Gasteiger charge is -2.06. The molecule has 17 heavy (non-hydrogen) atoms. The zero-order chi connectivity index (χ0) is 12.3. The van der Waals surface area contributed by atoms with Gasteiger partial charge in [-0.15, -0.1) is 0 Å². The number of rotatable bonds is 2. The van der Waals surface area contributed by atoms with E-state index in [1.54, 1.807) is 0 Å². The van der Waals surface area contributed by atoms with E-state index in [9.17, 15) is 9.50 Å². The highest BCUT2D eigenvalue weighted by atomic mass is 19.1. The highest BCUT2D eigenvalue weighted by Crippen LogP contribution is 2.26. The number of aromatic hydroxyl groups is 1. The van der Waals surface area contributed by atoms with E-state index in [0.717, 1.165) is 0 Å². The monoisotopic (exact) mass is 229 g/mol. The van der Waals surface area contributed by atoms with E-state index in [4.69, 9.17) is 10.00 Å². The van der Waals surface area contributed by atoms with Gasteiger partial charge in [0.05, 0.1) is 5.56 Å². The third-order valence-corrected chi connectivity index (χ3v) is 2.14. The van der Waals surface area contributed by atoms with Crippen LogP contribution in [0, 0.1) is 17.1 Å². The van der Waals surface area contributed by atoms with Gasteiger partial charge in [-0.05, 0) is 36.4 Å². The van der Waals surface area contributed by atoms with Crippen LogP contribution in [0.25, 0.3) is 0 Å². The van der Waals surface area contributed by atoms with Crippen molar-refractivity contribution in [3.05, 3.63) is 53.8 Å². The standard InChI is InChI=1S/C13H8FNO2/c14-10-1-3-11(4-2-10)17-12-5-6-13(16)9(7-12)8-15/h1-7,16H. The Morgan fingerprint density at radius 3 is 2.35 bits per heavy atom. The first kappa shape index (κ1) is 11.0. The molecule has 2 rings (SSSR count). The van der Waals surface area contributed by atoms with Crippen LogP contribution >= 0.6 is 0 Å². The van der Waals surface area contributed by atoms with Gasteiger partial charge in [0, 0.05) is 6.07 Å². The lowest BCUT2D eigenvalue weighted by atomic mass is 10.2. The summed E-state index contributed by atoms with van der Waals surface area (Å²) in [7, 11) is 0. The summed E-state index contributed by atoms with van der Waals surface area (Å²) in [5.41, 5.74) is 0.129. The molecule has 0 saturated heterocycles. The lowest BCUT2D eigenvalue weighted by Crippen LogP contribution is -1.86. The highest BCUT2D eigenvalue weighted by Gasteiger charge is 2.03. The van der Waals surface area contributed by atoms with Crippen LogP contribution in [0.4, 0.5) is 4.39 Å². The summed E-state index contributed by atoms with van der Waals surface area (Å²) in [5, 5.41) is 18.0. The second-order valence-electron chi connectivity index (χ2n) is 3.35. The van der Waals surface area contributed by atoms with Crippen molar-refractivity contribution in [2.24, 2.45) is 0 Å². The molecule has 3 nitrogen and oxygen atoms in total. The number of nitriles is 1. The van der Waals surface area contributed by atoms with Crippen LogP contribution in [0.5, 0.6) is 17.2 Å². The van der Waals surface area contributed by atoms with Crippen LogP contribution in [-0.4, -0.2) is 5.11 Å². The average Bonchev–Trinajstić information content (AvgIpc) is 2.34. The van der Waals surface area contributed by atoms with E-state index in [2.05, 4.69) is 0 Å². The maximum Gasteiger partial charge on any atom is 0.133 e. The Kier molecular flexibility index (Phi) is 2.93. The fraction of sp³-hybridized carbons (Fsp3) is 0. The van der Waals surface area contributed by atoms with Crippen LogP contribution in [-0.2, 0) is 0 Å². The van der Waals surface area contributed by atoms with Crippen molar-refractivity contribution in [1.29, 1.82) is 5.26 Å². The molecule has 0 aliphatic heterocycles.